The second-order valence-electron chi connectivity index (χ2n) is 5.70. The highest BCUT2D eigenvalue weighted by molar-refractivity contribution is 5.65. The summed E-state index contributed by atoms with van der Waals surface area (Å²) in [5, 5.41) is 0. The summed E-state index contributed by atoms with van der Waals surface area (Å²) >= 11 is 0. The molecule has 0 aliphatic heterocycles. The maximum Gasteiger partial charge on any atom is 0.234 e. The summed E-state index contributed by atoms with van der Waals surface area (Å²) in [5.41, 5.74) is 10.3. The predicted octanol–water partition coefficient (Wildman–Crippen LogP) is 3.05. The molecule has 0 saturated heterocycles. The molecular weight excluding hydrogens is 260 g/mol. The first-order valence-corrected chi connectivity index (χ1v) is 7.30. The van der Waals surface area contributed by atoms with Gasteiger partial charge in [0.05, 0.1) is 11.4 Å². The lowest BCUT2D eigenvalue weighted by molar-refractivity contribution is 0.647. The monoisotopic (exact) mass is 280 g/mol. The molecule has 0 atom stereocenters. The number of hydrogen-bond donors (Lipinski definition) is 1. The molecule has 108 valence electrons. The van der Waals surface area contributed by atoms with Crippen LogP contribution < -0.4 is 5.73 Å². The number of aromatic nitrogens is 3. The molecule has 0 aliphatic carbocycles. The third-order valence-corrected chi connectivity index (χ3v) is 3.57. The van der Waals surface area contributed by atoms with Crippen LogP contribution >= 0.6 is 0 Å². The fraction of sp³-hybridized carbons (Fsp3) is 0.294. The van der Waals surface area contributed by atoms with Gasteiger partial charge in [-0.1, -0.05) is 38.1 Å². The summed E-state index contributed by atoms with van der Waals surface area (Å²) in [7, 11) is 0. The highest BCUT2D eigenvalue weighted by Crippen LogP contribution is 2.24. The molecule has 0 unspecified atom stereocenters. The highest BCUT2D eigenvalue weighted by Gasteiger charge is 2.13. The Bertz CT molecular complexity index is 741. The number of imidazole rings is 1. The van der Waals surface area contributed by atoms with E-state index in [1.807, 2.05) is 16.7 Å². The number of rotatable bonds is 4. The minimum Gasteiger partial charge on any atom is -0.325 e. The van der Waals surface area contributed by atoms with Gasteiger partial charge in [-0.3, -0.25) is 4.40 Å². The van der Waals surface area contributed by atoms with E-state index in [9.17, 15) is 0 Å². The van der Waals surface area contributed by atoms with E-state index in [-0.39, 0.29) is 0 Å². The van der Waals surface area contributed by atoms with Gasteiger partial charge in [0.15, 0.2) is 0 Å². The lowest BCUT2D eigenvalue weighted by Gasteiger charge is -2.06. The Morgan fingerprint density at radius 2 is 1.95 bits per heavy atom. The van der Waals surface area contributed by atoms with Crippen LogP contribution in [0.25, 0.3) is 17.0 Å². The molecule has 3 rings (SSSR count). The Labute approximate surface area is 124 Å². The van der Waals surface area contributed by atoms with Crippen LogP contribution in [0.1, 0.15) is 25.1 Å². The Morgan fingerprint density at radius 1 is 1.19 bits per heavy atom. The van der Waals surface area contributed by atoms with Gasteiger partial charge in [0.2, 0.25) is 5.78 Å². The zero-order valence-electron chi connectivity index (χ0n) is 12.5. The van der Waals surface area contributed by atoms with Crippen LogP contribution in [-0.2, 0) is 13.0 Å². The van der Waals surface area contributed by atoms with E-state index < -0.39 is 0 Å². The zero-order chi connectivity index (χ0) is 14.8. The summed E-state index contributed by atoms with van der Waals surface area (Å²) in [6, 6.07) is 10.5. The van der Waals surface area contributed by atoms with Crippen LogP contribution in [0.5, 0.6) is 0 Å². The first-order valence-electron chi connectivity index (χ1n) is 7.30. The van der Waals surface area contributed by atoms with Crippen molar-refractivity contribution >= 4 is 5.78 Å². The average molecular weight is 280 g/mol. The second-order valence-corrected chi connectivity index (χ2v) is 5.70. The van der Waals surface area contributed by atoms with Crippen molar-refractivity contribution < 1.29 is 0 Å². The molecule has 2 aromatic heterocycles. The molecular formula is C17H20N4. The third-order valence-electron chi connectivity index (χ3n) is 3.57. The summed E-state index contributed by atoms with van der Waals surface area (Å²) < 4.78 is 1.96. The number of nitrogens with two attached hydrogens (primary N) is 1. The summed E-state index contributed by atoms with van der Waals surface area (Å²) in [5.74, 6) is 1.36. The van der Waals surface area contributed by atoms with Gasteiger partial charge in [-0.25, -0.2) is 9.97 Å². The number of hydrogen-bond acceptors (Lipinski definition) is 3. The molecule has 0 radical (unpaired) electrons. The van der Waals surface area contributed by atoms with Crippen LogP contribution in [-0.4, -0.2) is 14.4 Å². The predicted molar refractivity (Wildman–Crippen MR) is 84.9 cm³/mol. The maximum absolute atomic E-state index is 5.91. The van der Waals surface area contributed by atoms with E-state index in [2.05, 4.69) is 48.1 Å². The molecule has 21 heavy (non-hydrogen) atoms. The molecule has 1 aromatic carbocycles. The van der Waals surface area contributed by atoms with Gasteiger partial charge >= 0.3 is 0 Å². The van der Waals surface area contributed by atoms with Gasteiger partial charge in [-0.15, -0.1) is 0 Å². The van der Waals surface area contributed by atoms with Crippen LogP contribution in [0.4, 0.5) is 0 Å². The van der Waals surface area contributed by atoms with Crippen molar-refractivity contribution in [3.63, 3.8) is 0 Å². The third kappa shape index (κ3) is 2.67. The second kappa shape index (κ2) is 5.66. The van der Waals surface area contributed by atoms with Crippen LogP contribution in [0.15, 0.2) is 42.7 Å². The molecule has 4 heteroatoms. The van der Waals surface area contributed by atoms with E-state index in [4.69, 9.17) is 5.73 Å². The molecule has 3 aromatic rings. The molecule has 2 heterocycles. The first kappa shape index (κ1) is 13.8. The van der Waals surface area contributed by atoms with Crippen molar-refractivity contribution in [3.05, 3.63) is 54.0 Å². The fourth-order valence-corrected chi connectivity index (χ4v) is 2.63. The van der Waals surface area contributed by atoms with Crippen molar-refractivity contribution in [2.24, 2.45) is 11.7 Å². The number of fused-ring (bicyclic) bond motifs is 1. The fourth-order valence-electron chi connectivity index (χ4n) is 2.63. The van der Waals surface area contributed by atoms with Gasteiger partial charge in [-0.2, -0.15) is 0 Å². The Hall–Kier alpha value is -2.20. The maximum atomic E-state index is 5.91. The van der Waals surface area contributed by atoms with Crippen LogP contribution in [0, 0.1) is 5.92 Å². The number of nitrogens with zero attached hydrogens (tertiary/aromatic N) is 3. The molecule has 4 nitrogen and oxygen atoms in total. The minimum absolute atomic E-state index is 0.440. The SMILES string of the molecule is CC(C)Cc1ccc(-c2nc3ncccn3c2CN)cc1. The van der Waals surface area contributed by atoms with Gasteiger partial charge in [0.25, 0.3) is 0 Å². The van der Waals surface area contributed by atoms with Crippen LogP contribution in [0.3, 0.4) is 0 Å². The number of benzene rings is 1. The summed E-state index contributed by atoms with van der Waals surface area (Å²) in [6.07, 6.45) is 4.79. The Morgan fingerprint density at radius 3 is 2.62 bits per heavy atom. The van der Waals surface area contributed by atoms with Crippen molar-refractivity contribution in [1.82, 2.24) is 14.4 Å². The normalized spacial score (nSPS) is 11.4. The standard InChI is InChI=1S/C17H20N4/c1-12(2)10-13-4-6-14(7-5-13)16-15(11-18)21-9-3-8-19-17(21)20-16/h3-9,12H,10-11,18H2,1-2H3. The van der Waals surface area contributed by atoms with Gasteiger partial charge in [-0.05, 0) is 24.0 Å². The first-order chi connectivity index (χ1) is 10.2. The zero-order valence-corrected chi connectivity index (χ0v) is 12.5. The van der Waals surface area contributed by atoms with E-state index >= 15 is 0 Å². The van der Waals surface area contributed by atoms with Crippen molar-refractivity contribution in [2.45, 2.75) is 26.8 Å². The van der Waals surface area contributed by atoms with Gasteiger partial charge < -0.3 is 5.73 Å². The quantitative estimate of drug-likeness (QED) is 0.799. The van der Waals surface area contributed by atoms with Gasteiger partial charge in [0, 0.05) is 24.5 Å². The lowest BCUT2D eigenvalue weighted by atomic mass is 10.0. The Balaban J connectivity index is 2.03. The van der Waals surface area contributed by atoms with E-state index in [0.29, 0.717) is 18.2 Å². The molecule has 0 aliphatic rings. The molecule has 0 bridgehead atoms. The van der Waals surface area contributed by atoms with E-state index in [0.717, 1.165) is 23.4 Å². The molecule has 2 N–H and O–H groups in total. The molecule has 0 saturated carbocycles. The summed E-state index contributed by atoms with van der Waals surface area (Å²) in [4.78, 5) is 8.91. The average Bonchev–Trinajstić information content (AvgIpc) is 2.86. The van der Waals surface area contributed by atoms with E-state index in [1.165, 1.54) is 5.56 Å². The molecule has 0 spiro atoms. The van der Waals surface area contributed by atoms with Gasteiger partial charge in [0.1, 0.15) is 0 Å². The van der Waals surface area contributed by atoms with Crippen molar-refractivity contribution in [3.8, 4) is 11.3 Å². The lowest BCUT2D eigenvalue weighted by Crippen LogP contribution is -2.02. The molecule has 0 fully saturated rings. The van der Waals surface area contributed by atoms with Crippen LogP contribution in [0.2, 0.25) is 0 Å². The highest BCUT2D eigenvalue weighted by atomic mass is 15.1. The van der Waals surface area contributed by atoms with Crippen molar-refractivity contribution in [1.29, 1.82) is 0 Å². The molecule has 0 amide bonds. The summed E-state index contributed by atoms with van der Waals surface area (Å²) in [6.45, 7) is 4.90. The largest absolute Gasteiger partial charge is 0.325 e. The Kier molecular flexibility index (Phi) is 3.71. The smallest absolute Gasteiger partial charge is 0.234 e. The topological polar surface area (TPSA) is 56.2 Å². The van der Waals surface area contributed by atoms with E-state index in [1.54, 1.807) is 6.20 Å². The van der Waals surface area contributed by atoms with Crippen molar-refractivity contribution in [2.75, 3.05) is 0 Å². The minimum atomic E-state index is 0.440.